The summed E-state index contributed by atoms with van der Waals surface area (Å²) in [6.45, 7) is 0. The van der Waals surface area contributed by atoms with E-state index in [9.17, 15) is 10.1 Å². The van der Waals surface area contributed by atoms with Crippen LogP contribution in [0, 0.1) is 10.1 Å². The molecule has 5 heteroatoms. The number of nitro groups is 1. The highest BCUT2D eigenvalue weighted by molar-refractivity contribution is 6.17. The van der Waals surface area contributed by atoms with Gasteiger partial charge in [0.1, 0.15) is 0 Å². The van der Waals surface area contributed by atoms with Gasteiger partial charge in [-0.2, -0.15) is 0 Å². The second-order valence-corrected chi connectivity index (χ2v) is 1.71. The van der Waals surface area contributed by atoms with E-state index in [0.29, 0.717) is 0 Å². The van der Waals surface area contributed by atoms with Crippen LogP contribution in [0.25, 0.3) is 0 Å². The van der Waals surface area contributed by atoms with Gasteiger partial charge in [0.15, 0.2) is 0 Å². The molecule has 0 spiro atoms. The Bertz CT molecular complexity index is 87.4. The summed E-state index contributed by atoms with van der Waals surface area (Å²) in [5.41, 5.74) is 4.94. The fourth-order valence-corrected chi connectivity index (χ4v) is 0.441. The van der Waals surface area contributed by atoms with Crippen molar-refractivity contribution in [3.05, 3.63) is 10.1 Å². The summed E-state index contributed by atoms with van der Waals surface area (Å²) in [6.07, 6.45) is -0.762. The molecule has 0 fully saturated rings. The highest BCUT2D eigenvalue weighted by atomic mass is 35.5. The normalized spacial score (nSPS) is 13.2. The van der Waals surface area contributed by atoms with E-state index in [1.54, 1.807) is 0 Å². The average Bonchev–Trinajstić information content (AvgIpc) is 1.67. The minimum Gasteiger partial charge on any atom is -0.268 e. The zero-order valence-corrected chi connectivity index (χ0v) is 4.97. The van der Waals surface area contributed by atoms with Crippen molar-refractivity contribution in [1.82, 2.24) is 0 Å². The smallest absolute Gasteiger partial charge is 0.264 e. The second kappa shape index (κ2) is 3.63. The molecule has 0 radical (unpaired) electrons. The van der Waals surface area contributed by atoms with E-state index >= 15 is 0 Å². The molecule has 0 aliphatic rings. The zero-order valence-electron chi connectivity index (χ0n) is 4.21. The first-order chi connectivity index (χ1) is 3.68. The summed E-state index contributed by atoms with van der Waals surface area (Å²) >= 11 is 5.16. The first kappa shape index (κ1) is 7.65. The Kier molecular flexibility index (Phi) is 3.47. The Morgan fingerprint density at radius 2 is 2.38 bits per heavy atom. The van der Waals surface area contributed by atoms with Crippen LogP contribution in [0.5, 0.6) is 0 Å². The lowest BCUT2D eigenvalue weighted by Crippen LogP contribution is -2.29. The van der Waals surface area contributed by atoms with Gasteiger partial charge < -0.3 is 0 Å². The van der Waals surface area contributed by atoms with Crippen molar-refractivity contribution < 1.29 is 4.92 Å². The maximum absolute atomic E-state index is 9.71. The fourth-order valence-electron chi connectivity index (χ4n) is 0.217. The van der Waals surface area contributed by atoms with Crippen LogP contribution >= 0.6 is 11.6 Å². The maximum Gasteiger partial charge on any atom is 0.264 e. The number of hydrogen-bond acceptors (Lipinski definition) is 3. The Hall–Kier alpha value is -0.350. The summed E-state index contributed by atoms with van der Waals surface area (Å²) < 4.78 is 0. The SMILES string of the molecule is NC(CCCl)[N+](=O)[O-]. The average molecular weight is 139 g/mol. The number of rotatable bonds is 3. The van der Waals surface area contributed by atoms with Crippen LogP contribution in [-0.2, 0) is 0 Å². The third-order valence-corrected chi connectivity index (χ3v) is 0.894. The van der Waals surface area contributed by atoms with Crippen molar-refractivity contribution in [1.29, 1.82) is 0 Å². The molecule has 1 atom stereocenters. The van der Waals surface area contributed by atoms with E-state index in [2.05, 4.69) is 0 Å². The van der Waals surface area contributed by atoms with Gasteiger partial charge in [-0.3, -0.25) is 15.8 Å². The Morgan fingerprint density at radius 1 is 1.88 bits per heavy atom. The second-order valence-electron chi connectivity index (χ2n) is 1.33. The standard InChI is InChI=1S/C3H7ClN2O2/c4-2-1-3(5)6(7)8/h3H,1-2,5H2. The van der Waals surface area contributed by atoms with Crippen LogP contribution in [0.3, 0.4) is 0 Å². The molecule has 0 amide bonds. The molecule has 0 aliphatic carbocycles. The topological polar surface area (TPSA) is 69.2 Å². The molecule has 0 bridgehead atoms. The fraction of sp³-hybridized carbons (Fsp3) is 1.00. The highest BCUT2D eigenvalue weighted by Crippen LogP contribution is 1.89. The summed E-state index contributed by atoms with van der Waals surface area (Å²) in [5, 5.41) is 9.71. The largest absolute Gasteiger partial charge is 0.268 e. The van der Waals surface area contributed by atoms with Gasteiger partial charge >= 0.3 is 0 Å². The number of hydrogen-bond donors (Lipinski definition) is 1. The van der Waals surface area contributed by atoms with Crippen LogP contribution in [-0.4, -0.2) is 17.0 Å². The number of alkyl halides is 1. The number of halogens is 1. The van der Waals surface area contributed by atoms with Gasteiger partial charge in [-0.1, -0.05) is 0 Å². The number of nitrogens with zero attached hydrogens (tertiary/aromatic N) is 1. The predicted octanol–water partition coefficient (Wildman–Crippen LogP) is 0.177. The van der Waals surface area contributed by atoms with Crippen LogP contribution < -0.4 is 5.73 Å². The molecular formula is C3H7ClN2O2. The van der Waals surface area contributed by atoms with Crippen molar-refractivity contribution in [3.63, 3.8) is 0 Å². The van der Waals surface area contributed by atoms with E-state index in [-0.39, 0.29) is 12.3 Å². The molecular weight excluding hydrogens is 131 g/mol. The summed E-state index contributed by atoms with van der Waals surface area (Å²) in [6, 6.07) is 0. The zero-order chi connectivity index (χ0) is 6.57. The summed E-state index contributed by atoms with van der Waals surface area (Å²) in [5.74, 6) is 0.238. The molecule has 0 aromatic carbocycles. The first-order valence-electron chi connectivity index (χ1n) is 2.13. The van der Waals surface area contributed by atoms with Gasteiger partial charge in [0, 0.05) is 17.2 Å². The van der Waals surface area contributed by atoms with E-state index < -0.39 is 11.1 Å². The third kappa shape index (κ3) is 2.76. The molecule has 0 rings (SSSR count). The molecule has 0 saturated heterocycles. The summed E-state index contributed by atoms with van der Waals surface area (Å²) in [7, 11) is 0. The van der Waals surface area contributed by atoms with Crippen molar-refractivity contribution in [3.8, 4) is 0 Å². The van der Waals surface area contributed by atoms with Crippen molar-refractivity contribution >= 4 is 11.6 Å². The van der Waals surface area contributed by atoms with Gasteiger partial charge in [0.05, 0.1) is 0 Å². The molecule has 2 N–H and O–H groups in total. The molecule has 0 aromatic rings. The lowest BCUT2D eigenvalue weighted by Gasteiger charge is -1.97. The highest BCUT2D eigenvalue weighted by Gasteiger charge is 2.10. The van der Waals surface area contributed by atoms with Crippen molar-refractivity contribution in [2.24, 2.45) is 5.73 Å². The van der Waals surface area contributed by atoms with E-state index in [1.165, 1.54) is 0 Å². The first-order valence-corrected chi connectivity index (χ1v) is 2.67. The van der Waals surface area contributed by atoms with Crippen LogP contribution in [0.2, 0.25) is 0 Å². The molecule has 0 aromatic heterocycles. The molecule has 0 aliphatic heterocycles. The molecule has 1 unspecified atom stereocenters. The lowest BCUT2D eigenvalue weighted by atomic mass is 10.4. The van der Waals surface area contributed by atoms with Crippen LogP contribution in [0.15, 0.2) is 0 Å². The molecule has 8 heavy (non-hydrogen) atoms. The Morgan fingerprint density at radius 3 is 2.50 bits per heavy atom. The van der Waals surface area contributed by atoms with E-state index in [0.717, 1.165) is 0 Å². The minimum absolute atomic E-state index is 0.231. The maximum atomic E-state index is 9.71. The predicted molar refractivity (Wildman–Crippen MR) is 30.3 cm³/mol. The van der Waals surface area contributed by atoms with Gasteiger partial charge in [-0.25, -0.2) is 0 Å². The van der Waals surface area contributed by atoms with Crippen LogP contribution in [0.4, 0.5) is 0 Å². The van der Waals surface area contributed by atoms with Crippen molar-refractivity contribution in [2.45, 2.75) is 12.6 Å². The Labute approximate surface area is 51.8 Å². The Balaban J connectivity index is 3.32. The molecule has 0 saturated carbocycles. The molecule has 48 valence electrons. The van der Waals surface area contributed by atoms with E-state index in [4.69, 9.17) is 17.3 Å². The minimum atomic E-state index is -0.993. The van der Waals surface area contributed by atoms with E-state index in [1.807, 2.05) is 0 Å². The lowest BCUT2D eigenvalue weighted by molar-refractivity contribution is -0.521. The van der Waals surface area contributed by atoms with Gasteiger partial charge in [0.2, 0.25) is 0 Å². The van der Waals surface area contributed by atoms with Gasteiger partial charge in [-0.15, -0.1) is 11.6 Å². The van der Waals surface area contributed by atoms with Crippen molar-refractivity contribution in [2.75, 3.05) is 5.88 Å². The quantitative estimate of drug-likeness (QED) is 0.262. The van der Waals surface area contributed by atoms with Crippen LogP contribution in [0.1, 0.15) is 6.42 Å². The molecule has 0 heterocycles. The monoisotopic (exact) mass is 138 g/mol. The third-order valence-electron chi connectivity index (χ3n) is 0.676. The number of nitrogens with two attached hydrogens (primary N) is 1. The summed E-state index contributed by atoms with van der Waals surface area (Å²) in [4.78, 5) is 9.16. The van der Waals surface area contributed by atoms with Gasteiger partial charge in [-0.05, 0) is 0 Å². The molecule has 4 nitrogen and oxygen atoms in total. The van der Waals surface area contributed by atoms with Gasteiger partial charge in [0.25, 0.3) is 6.17 Å².